The van der Waals surface area contributed by atoms with Crippen LogP contribution in [0.1, 0.15) is 71.1 Å². The normalized spacial score (nSPS) is 10.3. The van der Waals surface area contributed by atoms with Gasteiger partial charge < -0.3 is 5.11 Å². The molecule has 0 aliphatic heterocycles. The van der Waals surface area contributed by atoms with E-state index >= 15 is 0 Å². The summed E-state index contributed by atoms with van der Waals surface area (Å²) in [5, 5.41) is 8.57. The van der Waals surface area contributed by atoms with E-state index in [0.29, 0.717) is 6.61 Å². The van der Waals surface area contributed by atoms with Crippen molar-refractivity contribution in [2.45, 2.75) is 71.1 Å². The topological polar surface area (TPSA) is 94.8 Å². The van der Waals surface area contributed by atoms with Crippen LogP contribution in [-0.4, -0.2) is 48.1 Å². The van der Waals surface area contributed by atoms with Gasteiger partial charge in [0.15, 0.2) is 0 Å². The van der Waals surface area contributed by atoms with Gasteiger partial charge in [-0.2, -0.15) is 8.42 Å². The van der Waals surface area contributed by atoms with Crippen LogP contribution in [0.3, 0.4) is 0 Å². The van der Waals surface area contributed by atoms with Gasteiger partial charge >= 0.3 is 29.3 Å². The van der Waals surface area contributed by atoms with Crippen LogP contribution in [0.4, 0.5) is 0 Å². The van der Waals surface area contributed by atoms with Gasteiger partial charge in [-0.15, -0.1) is 0 Å². The van der Waals surface area contributed by atoms with Crippen LogP contribution in [0, 0.1) is 0 Å². The Morgan fingerprint density at radius 1 is 0.737 bits per heavy atom. The van der Waals surface area contributed by atoms with Gasteiger partial charge in [0.1, 0.15) is 0 Å². The average molecular weight is 292 g/mol. The van der Waals surface area contributed by atoms with E-state index in [1.807, 2.05) is 0 Å². The Bertz CT molecular complexity index is 227. The molecule has 5 nitrogen and oxygen atoms in total. The SMILES string of the molecule is CCCCCCCCCCCCO.O=S(=O)(O)O.[LiH]. The maximum atomic E-state index is 8.74. The van der Waals surface area contributed by atoms with Crippen LogP contribution < -0.4 is 0 Å². The maximum absolute atomic E-state index is 8.74. The summed E-state index contributed by atoms with van der Waals surface area (Å²) in [6.07, 6.45) is 13.3. The second kappa shape index (κ2) is 18.4. The molecular formula is C12H29LiO5S. The number of hydrogen-bond donors (Lipinski definition) is 3. The quantitative estimate of drug-likeness (QED) is 0.327. The van der Waals surface area contributed by atoms with Crippen molar-refractivity contribution in [1.82, 2.24) is 0 Å². The van der Waals surface area contributed by atoms with Crippen LogP contribution in [0.15, 0.2) is 0 Å². The Hall–Kier alpha value is 0.427. The first-order valence-corrected chi connectivity index (χ1v) is 8.12. The molecule has 0 radical (unpaired) electrons. The average Bonchev–Trinajstić information content (AvgIpc) is 2.25. The van der Waals surface area contributed by atoms with Crippen molar-refractivity contribution in [3.8, 4) is 0 Å². The number of hydrogen-bond acceptors (Lipinski definition) is 3. The van der Waals surface area contributed by atoms with Gasteiger partial charge in [-0.25, -0.2) is 0 Å². The predicted octanol–water partition coefficient (Wildman–Crippen LogP) is 2.60. The Labute approximate surface area is 129 Å². The first-order chi connectivity index (χ1) is 8.41. The molecule has 0 spiro atoms. The summed E-state index contributed by atoms with van der Waals surface area (Å²) in [7, 11) is -4.67. The molecule has 0 heterocycles. The molecule has 0 saturated carbocycles. The standard InChI is InChI=1S/C12H26O.Li.H2O4S.H/c1-2-3-4-5-6-7-8-9-10-11-12-13;;1-5(2,3)4;/h13H,2-12H2,1H3;;(H2,1,2,3,4);. The van der Waals surface area contributed by atoms with Crippen molar-refractivity contribution in [2.24, 2.45) is 0 Å². The van der Waals surface area contributed by atoms with E-state index in [0.717, 1.165) is 6.42 Å². The van der Waals surface area contributed by atoms with Crippen molar-refractivity contribution in [2.75, 3.05) is 6.61 Å². The summed E-state index contributed by atoms with van der Waals surface area (Å²) in [5.41, 5.74) is 0. The summed E-state index contributed by atoms with van der Waals surface area (Å²) in [6, 6.07) is 0. The molecule has 0 rings (SSSR count). The zero-order valence-electron chi connectivity index (χ0n) is 11.3. The Morgan fingerprint density at radius 3 is 1.26 bits per heavy atom. The molecule has 0 aromatic rings. The minimum absolute atomic E-state index is 0. The van der Waals surface area contributed by atoms with Crippen LogP contribution >= 0.6 is 0 Å². The van der Waals surface area contributed by atoms with E-state index in [1.165, 1.54) is 57.8 Å². The van der Waals surface area contributed by atoms with Crippen molar-refractivity contribution in [1.29, 1.82) is 0 Å². The number of aliphatic hydroxyl groups excluding tert-OH is 1. The van der Waals surface area contributed by atoms with E-state index in [2.05, 4.69) is 6.92 Å². The van der Waals surface area contributed by atoms with E-state index in [1.54, 1.807) is 0 Å². The predicted molar refractivity (Wildman–Crippen MR) is 80.3 cm³/mol. The summed E-state index contributed by atoms with van der Waals surface area (Å²) < 4.78 is 31.6. The summed E-state index contributed by atoms with van der Waals surface area (Å²) in [4.78, 5) is 0. The number of unbranched alkanes of at least 4 members (excludes halogenated alkanes) is 9. The number of aliphatic hydroxyl groups is 1. The van der Waals surface area contributed by atoms with Crippen LogP contribution in [0.5, 0.6) is 0 Å². The van der Waals surface area contributed by atoms with Gasteiger partial charge in [-0.1, -0.05) is 64.7 Å². The van der Waals surface area contributed by atoms with E-state index in [9.17, 15) is 0 Å². The van der Waals surface area contributed by atoms with Crippen molar-refractivity contribution in [3.63, 3.8) is 0 Å². The first kappa shape index (κ1) is 24.4. The Morgan fingerprint density at radius 2 is 1.00 bits per heavy atom. The molecule has 0 aliphatic carbocycles. The molecule has 7 heteroatoms. The third kappa shape index (κ3) is 45.7. The monoisotopic (exact) mass is 292 g/mol. The van der Waals surface area contributed by atoms with Crippen molar-refractivity contribution in [3.05, 3.63) is 0 Å². The fourth-order valence-corrected chi connectivity index (χ4v) is 1.60. The van der Waals surface area contributed by atoms with E-state index in [4.69, 9.17) is 22.6 Å². The van der Waals surface area contributed by atoms with Gasteiger partial charge in [0.2, 0.25) is 0 Å². The first-order valence-electron chi connectivity index (χ1n) is 6.72. The summed E-state index contributed by atoms with van der Waals surface area (Å²) in [6.45, 7) is 2.63. The van der Waals surface area contributed by atoms with Gasteiger partial charge in [-0.3, -0.25) is 9.11 Å². The second-order valence-electron chi connectivity index (χ2n) is 4.35. The van der Waals surface area contributed by atoms with E-state index in [-0.39, 0.29) is 18.9 Å². The molecule has 0 aromatic carbocycles. The molecule has 0 aliphatic rings. The molecular weight excluding hydrogens is 263 g/mol. The van der Waals surface area contributed by atoms with Crippen LogP contribution in [0.25, 0.3) is 0 Å². The third-order valence-corrected chi connectivity index (χ3v) is 2.51. The molecule has 0 bridgehead atoms. The fraction of sp³-hybridized carbons (Fsp3) is 1.00. The number of rotatable bonds is 10. The van der Waals surface area contributed by atoms with Gasteiger partial charge in [-0.05, 0) is 6.42 Å². The molecule has 3 N–H and O–H groups in total. The molecule has 0 amide bonds. The molecule has 0 saturated heterocycles. The molecule has 0 aromatic heterocycles. The van der Waals surface area contributed by atoms with Gasteiger partial charge in [0.25, 0.3) is 0 Å². The second-order valence-corrected chi connectivity index (χ2v) is 5.25. The third-order valence-electron chi connectivity index (χ3n) is 2.51. The van der Waals surface area contributed by atoms with Crippen LogP contribution in [0.2, 0.25) is 0 Å². The molecule has 0 fully saturated rings. The summed E-state index contributed by atoms with van der Waals surface area (Å²) in [5.74, 6) is 0. The zero-order valence-corrected chi connectivity index (χ0v) is 12.2. The van der Waals surface area contributed by atoms with E-state index < -0.39 is 10.4 Å². The molecule has 0 atom stereocenters. The Kier molecular flexibility index (Phi) is 23.7. The van der Waals surface area contributed by atoms with Crippen LogP contribution in [-0.2, 0) is 10.4 Å². The molecule has 114 valence electrons. The summed E-state index contributed by atoms with van der Waals surface area (Å²) >= 11 is 0. The van der Waals surface area contributed by atoms with Crippen molar-refractivity contribution >= 4 is 29.3 Å². The zero-order chi connectivity index (χ0) is 14.3. The van der Waals surface area contributed by atoms with Gasteiger partial charge in [0, 0.05) is 6.61 Å². The Balaban J connectivity index is -0.000000366. The minimum atomic E-state index is -4.67. The van der Waals surface area contributed by atoms with Gasteiger partial charge in [0.05, 0.1) is 0 Å². The molecule has 19 heavy (non-hydrogen) atoms. The molecule has 0 unspecified atom stereocenters. The van der Waals surface area contributed by atoms with Crippen molar-refractivity contribution < 1.29 is 22.6 Å². The fourth-order valence-electron chi connectivity index (χ4n) is 1.60.